The Balaban J connectivity index is 1.99. The van der Waals surface area contributed by atoms with Gasteiger partial charge in [0.15, 0.2) is 0 Å². The molecule has 2 aromatic carbocycles. The number of aliphatic hydroxyl groups excluding tert-OH is 1. The minimum absolute atomic E-state index is 0.00890. The Morgan fingerprint density at radius 2 is 1.84 bits per heavy atom. The molecule has 0 saturated heterocycles. The van der Waals surface area contributed by atoms with Crippen LogP contribution in [0.1, 0.15) is 23.5 Å². The van der Waals surface area contributed by atoms with Crippen LogP contribution < -0.4 is 5.32 Å². The van der Waals surface area contributed by atoms with Crippen LogP contribution in [0.2, 0.25) is 0 Å². The summed E-state index contributed by atoms with van der Waals surface area (Å²) < 4.78 is 0. The second-order valence-corrected chi connectivity index (χ2v) is 5.51. The van der Waals surface area contributed by atoms with Crippen molar-refractivity contribution in [3.8, 4) is 0 Å². The second-order valence-electron chi connectivity index (χ2n) is 5.51. The fourth-order valence-corrected chi connectivity index (χ4v) is 2.51. The molecule has 2 N–H and O–H groups in total. The molecule has 1 atom stereocenters. The molecule has 6 nitrogen and oxygen atoms in total. The summed E-state index contributed by atoms with van der Waals surface area (Å²) in [5, 5.41) is 22.9. The van der Waals surface area contributed by atoms with Crippen molar-refractivity contribution in [1.82, 2.24) is 5.32 Å². The monoisotopic (exact) mass is 340 g/mol. The Morgan fingerprint density at radius 1 is 1.16 bits per heavy atom. The molecule has 0 radical (unpaired) electrons. The Kier molecular flexibility index (Phi) is 6.86. The molecule has 1 unspecified atom stereocenters. The molecule has 0 saturated carbocycles. The van der Waals surface area contributed by atoms with E-state index in [9.17, 15) is 20.0 Å². The molecule has 0 aliphatic heterocycles. The maximum atomic E-state index is 12.0. The Hall–Kier alpha value is -2.99. The highest BCUT2D eigenvalue weighted by molar-refractivity contribution is 5.92. The number of para-hydroxylation sites is 1. The summed E-state index contributed by atoms with van der Waals surface area (Å²) in [6, 6.07) is 15.9. The van der Waals surface area contributed by atoms with Crippen LogP contribution in [-0.2, 0) is 4.79 Å². The molecule has 0 heterocycles. The summed E-state index contributed by atoms with van der Waals surface area (Å²) >= 11 is 0. The van der Waals surface area contributed by atoms with Crippen molar-refractivity contribution in [3.63, 3.8) is 0 Å². The Labute approximate surface area is 146 Å². The number of benzene rings is 2. The smallest absolute Gasteiger partial charge is 0.276 e. The summed E-state index contributed by atoms with van der Waals surface area (Å²) in [5.41, 5.74) is 1.37. The van der Waals surface area contributed by atoms with Crippen molar-refractivity contribution in [2.45, 2.75) is 12.3 Å². The van der Waals surface area contributed by atoms with E-state index in [4.69, 9.17) is 0 Å². The number of aliphatic hydroxyl groups is 1. The van der Waals surface area contributed by atoms with Gasteiger partial charge in [-0.15, -0.1) is 0 Å². The molecule has 130 valence electrons. The van der Waals surface area contributed by atoms with Crippen LogP contribution in [0.3, 0.4) is 0 Å². The molecule has 2 rings (SSSR count). The highest BCUT2D eigenvalue weighted by atomic mass is 16.6. The molecule has 2 aromatic rings. The molecule has 0 spiro atoms. The number of rotatable bonds is 8. The van der Waals surface area contributed by atoms with E-state index in [0.29, 0.717) is 18.5 Å². The molecule has 0 bridgehead atoms. The van der Waals surface area contributed by atoms with E-state index in [1.54, 1.807) is 18.2 Å². The van der Waals surface area contributed by atoms with Gasteiger partial charge in [-0.1, -0.05) is 42.5 Å². The van der Waals surface area contributed by atoms with Crippen LogP contribution >= 0.6 is 0 Å². The lowest BCUT2D eigenvalue weighted by Crippen LogP contribution is -2.27. The molecule has 0 aromatic heterocycles. The van der Waals surface area contributed by atoms with Gasteiger partial charge < -0.3 is 10.4 Å². The normalized spacial score (nSPS) is 12.0. The zero-order valence-corrected chi connectivity index (χ0v) is 13.7. The minimum Gasteiger partial charge on any atom is -0.396 e. The summed E-state index contributed by atoms with van der Waals surface area (Å²) in [5.74, 6) is -0.327. The van der Waals surface area contributed by atoms with Gasteiger partial charge in [0.2, 0.25) is 5.91 Å². The largest absolute Gasteiger partial charge is 0.396 e. The van der Waals surface area contributed by atoms with E-state index in [1.807, 2.05) is 30.3 Å². The average Bonchev–Trinajstić information content (AvgIpc) is 2.64. The average molecular weight is 340 g/mol. The second kappa shape index (κ2) is 9.34. The van der Waals surface area contributed by atoms with Gasteiger partial charge in [-0.3, -0.25) is 14.9 Å². The first-order chi connectivity index (χ1) is 12.1. The van der Waals surface area contributed by atoms with E-state index in [1.165, 1.54) is 18.2 Å². The summed E-state index contributed by atoms with van der Waals surface area (Å²) in [6.45, 7) is 0.409. The number of amides is 1. The van der Waals surface area contributed by atoms with E-state index in [2.05, 4.69) is 5.32 Å². The summed E-state index contributed by atoms with van der Waals surface area (Å²) in [4.78, 5) is 22.5. The Morgan fingerprint density at radius 3 is 2.52 bits per heavy atom. The zero-order valence-electron chi connectivity index (χ0n) is 13.7. The first-order valence-corrected chi connectivity index (χ1v) is 7.97. The van der Waals surface area contributed by atoms with Crippen LogP contribution in [0.25, 0.3) is 6.08 Å². The standard InChI is InChI=1S/C19H20N2O4/c22-13-12-17(15-6-2-1-3-7-15)14-20-19(23)11-10-16-8-4-5-9-18(16)21(24)25/h1-11,17,22H,12-14H2,(H,20,23)/b11-10+. The first kappa shape index (κ1) is 18.4. The number of carbonyl (C=O) groups is 1. The third-order valence-electron chi connectivity index (χ3n) is 3.82. The molecular weight excluding hydrogens is 320 g/mol. The molecule has 1 amide bonds. The number of nitrogens with one attached hydrogen (secondary N) is 1. The van der Waals surface area contributed by atoms with Crippen molar-refractivity contribution in [3.05, 3.63) is 81.9 Å². The van der Waals surface area contributed by atoms with Gasteiger partial charge in [-0.05, 0) is 24.1 Å². The number of hydrogen-bond donors (Lipinski definition) is 2. The fraction of sp³-hybridized carbons (Fsp3) is 0.211. The quantitative estimate of drug-likeness (QED) is 0.439. The van der Waals surface area contributed by atoms with Crippen molar-refractivity contribution in [2.24, 2.45) is 0 Å². The van der Waals surface area contributed by atoms with Gasteiger partial charge in [0.1, 0.15) is 0 Å². The zero-order chi connectivity index (χ0) is 18.1. The maximum absolute atomic E-state index is 12.0. The summed E-state index contributed by atoms with van der Waals surface area (Å²) in [6.07, 6.45) is 3.25. The highest BCUT2D eigenvalue weighted by Crippen LogP contribution is 2.19. The Bertz CT molecular complexity index is 744. The highest BCUT2D eigenvalue weighted by Gasteiger charge is 2.12. The SMILES string of the molecule is O=C(/C=C/c1ccccc1[N+](=O)[O-])NCC(CCO)c1ccccc1. The van der Waals surface area contributed by atoms with Crippen molar-refractivity contribution >= 4 is 17.7 Å². The van der Waals surface area contributed by atoms with Gasteiger partial charge in [0.25, 0.3) is 5.69 Å². The van der Waals surface area contributed by atoms with Crippen molar-refractivity contribution in [1.29, 1.82) is 0 Å². The van der Waals surface area contributed by atoms with Crippen molar-refractivity contribution < 1.29 is 14.8 Å². The minimum atomic E-state index is -0.482. The van der Waals surface area contributed by atoms with Gasteiger partial charge in [-0.25, -0.2) is 0 Å². The summed E-state index contributed by atoms with van der Waals surface area (Å²) in [7, 11) is 0. The number of nitro groups is 1. The molecular formula is C19H20N2O4. The van der Waals surface area contributed by atoms with E-state index in [0.717, 1.165) is 5.56 Å². The maximum Gasteiger partial charge on any atom is 0.276 e. The first-order valence-electron chi connectivity index (χ1n) is 7.97. The molecule has 25 heavy (non-hydrogen) atoms. The predicted molar refractivity (Wildman–Crippen MR) is 96.0 cm³/mol. The van der Waals surface area contributed by atoms with Crippen LogP contribution in [-0.4, -0.2) is 29.1 Å². The van der Waals surface area contributed by atoms with Gasteiger partial charge in [-0.2, -0.15) is 0 Å². The topological polar surface area (TPSA) is 92.5 Å². The van der Waals surface area contributed by atoms with Gasteiger partial charge in [0.05, 0.1) is 10.5 Å². The lowest BCUT2D eigenvalue weighted by atomic mass is 9.96. The van der Waals surface area contributed by atoms with Crippen LogP contribution in [0.15, 0.2) is 60.7 Å². The van der Waals surface area contributed by atoms with Gasteiger partial charge >= 0.3 is 0 Å². The van der Waals surface area contributed by atoms with Crippen LogP contribution in [0.5, 0.6) is 0 Å². The van der Waals surface area contributed by atoms with Gasteiger partial charge in [0, 0.05) is 31.2 Å². The van der Waals surface area contributed by atoms with E-state index < -0.39 is 4.92 Å². The van der Waals surface area contributed by atoms with E-state index >= 15 is 0 Å². The third-order valence-corrected chi connectivity index (χ3v) is 3.82. The molecule has 0 aliphatic rings. The lowest BCUT2D eigenvalue weighted by molar-refractivity contribution is -0.385. The lowest BCUT2D eigenvalue weighted by Gasteiger charge is -2.16. The molecule has 6 heteroatoms. The van der Waals surface area contributed by atoms with E-state index in [-0.39, 0.29) is 24.1 Å². The number of carbonyl (C=O) groups excluding carboxylic acids is 1. The number of nitrogens with zero attached hydrogens (tertiary/aromatic N) is 1. The number of hydrogen-bond acceptors (Lipinski definition) is 4. The fourth-order valence-electron chi connectivity index (χ4n) is 2.51. The molecule has 0 aliphatic carbocycles. The molecule has 0 fully saturated rings. The third kappa shape index (κ3) is 5.54. The van der Waals surface area contributed by atoms with Crippen molar-refractivity contribution in [2.75, 3.05) is 13.2 Å². The number of nitro benzene ring substituents is 1. The van der Waals surface area contributed by atoms with Crippen LogP contribution in [0, 0.1) is 10.1 Å². The predicted octanol–water partition coefficient (Wildman–Crippen LogP) is 2.89. The van der Waals surface area contributed by atoms with Crippen LogP contribution in [0.4, 0.5) is 5.69 Å².